The van der Waals surface area contributed by atoms with Crippen molar-refractivity contribution in [2.24, 2.45) is 0 Å². The van der Waals surface area contributed by atoms with Gasteiger partial charge in [0.05, 0.1) is 0 Å². The Hall–Kier alpha value is -0.0800. The second-order valence-electron chi connectivity index (χ2n) is 5.18. The Morgan fingerprint density at radius 2 is 1.87 bits per heavy atom. The van der Waals surface area contributed by atoms with Crippen LogP contribution < -0.4 is 5.32 Å². The number of rotatable bonds is 5. The molecule has 0 saturated carbocycles. The molecule has 1 heterocycles. The summed E-state index contributed by atoms with van der Waals surface area (Å²) in [6.07, 6.45) is 5.40. The summed E-state index contributed by atoms with van der Waals surface area (Å²) >= 11 is 0. The van der Waals surface area contributed by atoms with Crippen molar-refractivity contribution in [1.82, 2.24) is 10.2 Å². The van der Waals surface area contributed by atoms with Gasteiger partial charge >= 0.3 is 0 Å². The lowest BCUT2D eigenvalue weighted by molar-refractivity contribution is 0.0933. The van der Waals surface area contributed by atoms with E-state index in [1.54, 1.807) is 0 Å². The molecule has 3 atom stereocenters. The second kappa shape index (κ2) is 6.49. The summed E-state index contributed by atoms with van der Waals surface area (Å²) in [5, 5.41) is 3.58. The molecule has 0 aromatic rings. The fourth-order valence-corrected chi connectivity index (χ4v) is 2.61. The van der Waals surface area contributed by atoms with Crippen LogP contribution in [0.1, 0.15) is 53.4 Å². The van der Waals surface area contributed by atoms with Crippen LogP contribution in [0.2, 0.25) is 0 Å². The summed E-state index contributed by atoms with van der Waals surface area (Å²) in [7, 11) is 0. The van der Waals surface area contributed by atoms with Gasteiger partial charge in [0, 0.05) is 24.7 Å². The fraction of sp³-hybridized carbons (Fsp3) is 1.00. The highest BCUT2D eigenvalue weighted by atomic mass is 15.2. The van der Waals surface area contributed by atoms with Gasteiger partial charge in [0.15, 0.2) is 0 Å². The molecule has 1 fully saturated rings. The van der Waals surface area contributed by atoms with Crippen molar-refractivity contribution < 1.29 is 0 Å². The van der Waals surface area contributed by atoms with Crippen LogP contribution in [-0.4, -0.2) is 36.1 Å². The van der Waals surface area contributed by atoms with E-state index in [4.69, 9.17) is 0 Å². The maximum absolute atomic E-state index is 3.58. The van der Waals surface area contributed by atoms with Gasteiger partial charge in [-0.3, -0.25) is 4.90 Å². The van der Waals surface area contributed by atoms with E-state index in [1.807, 2.05) is 0 Å². The largest absolute Gasteiger partial charge is 0.313 e. The lowest BCUT2D eigenvalue weighted by Gasteiger charge is -2.40. The van der Waals surface area contributed by atoms with E-state index in [1.165, 1.54) is 32.2 Å². The van der Waals surface area contributed by atoms with Crippen LogP contribution in [0.15, 0.2) is 0 Å². The van der Waals surface area contributed by atoms with Crippen molar-refractivity contribution in [3.05, 3.63) is 0 Å². The third-order valence-electron chi connectivity index (χ3n) is 3.60. The quantitative estimate of drug-likeness (QED) is 0.753. The molecule has 1 N–H and O–H groups in total. The Kier molecular flexibility index (Phi) is 5.62. The van der Waals surface area contributed by atoms with E-state index in [0.29, 0.717) is 6.04 Å². The first-order valence-corrected chi connectivity index (χ1v) is 6.64. The average Bonchev–Trinajstić information content (AvgIpc) is 2.21. The number of piperidine rings is 1. The molecule has 0 aliphatic carbocycles. The van der Waals surface area contributed by atoms with E-state index in [9.17, 15) is 0 Å². The molecular weight excluding hydrogens is 184 g/mol. The van der Waals surface area contributed by atoms with Gasteiger partial charge in [0.1, 0.15) is 0 Å². The minimum Gasteiger partial charge on any atom is -0.313 e. The van der Waals surface area contributed by atoms with Gasteiger partial charge in [-0.25, -0.2) is 0 Å². The Labute approximate surface area is 95.4 Å². The second-order valence-corrected chi connectivity index (χ2v) is 5.18. The summed E-state index contributed by atoms with van der Waals surface area (Å²) in [6.45, 7) is 11.7. The van der Waals surface area contributed by atoms with E-state index in [0.717, 1.165) is 18.6 Å². The third-order valence-corrected chi connectivity index (χ3v) is 3.60. The number of likely N-dealkylation sites (tertiary alicyclic amines) is 1. The van der Waals surface area contributed by atoms with Crippen LogP contribution in [-0.2, 0) is 0 Å². The summed E-state index contributed by atoms with van der Waals surface area (Å²) in [5.41, 5.74) is 0. The SMILES string of the molecule is CCCNC(C)CN1[C@H](C)CCC[C@@H]1C. The lowest BCUT2D eigenvalue weighted by Crippen LogP contribution is -2.49. The summed E-state index contributed by atoms with van der Waals surface area (Å²) < 4.78 is 0. The van der Waals surface area contributed by atoms with Crippen LogP contribution in [0.5, 0.6) is 0 Å². The first-order valence-electron chi connectivity index (χ1n) is 6.64. The van der Waals surface area contributed by atoms with Crippen LogP contribution in [0, 0.1) is 0 Å². The Morgan fingerprint density at radius 3 is 2.40 bits per heavy atom. The van der Waals surface area contributed by atoms with Crippen molar-refractivity contribution >= 4 is 0 Å². The molecule has 0 radical (unpaired) electrons. The van der Waals surface area contributed by atoms with Crippen molar-refractivity contribution in [2.45, 2.75) is 71.5 Å². The van der Waals surface area contributed by atoms with E-state index >= 15 is 0 Å². The first-order chi connectivity index (χ1) is 7.15. The molecule has 1 unspecified atom stereocenters. The minimum absolute atomic E-state index is 0.632. The number of hydrogen-bond acceptors (Lipinski definition) is 2. The first kappa shape index (κ1) is 13.0. The molecule has 1 aliphatic rings. The third kappa shape index (κ3) is 4.12. The minimum atomic E-state index is 0.632. The highest BCUT2D eigenvalue weighted by Crippen LogP contribution is 2.22. The molecule has 2 nitrogen and oxygen atoms in total. The van der Waals surface area contributed by atoms with Crippen molar-refractivity contribution in [3.8, 4) is 0 Å². The van der Waals surface area contributed by atoms with Crippen LogP contribution >= 0.6 is 0 Å². The molecule has 0 bridgehead atoms. The van der Waals surface area contributed by atoms with Crippen molar-refractivity contribution in [3.63, 3.8) is 0 Å². The zero-order valence-electron chi connectivity index (χ0n) is 10.9. The zero-order valence-corrected chi connectivity index (χ0v) is 10.9. The van der Waals surface area contributed by atoms with Gasteiger partial charge in [-0.15, -0.1) is 0 Å². The Bertz CT molecular complexity index is 160. The average molecular weight is 212 g/mol. The van der Waals surface area contributed by atoms with Crippen molar-refractivity contribution in [2.75, 3.05) is 13.1 Å². The number of nitrogens with zero attached hydrogens (tertiary/aromatic N) is 1. The molecule has 0 spiro atoms. The topological polar surface area (TPSA) is 15.3 Å². The smallest absolute Gasteiger partial charge is 0.0166 e. The predicted molar refractivity (Wildman–Crippen MR) is 67.2 cm³/mol. The lowest BCUT2D eigenvalue weighted by atomic mass is 9.97. The summed E-state index contributed by atoms with van der Waals surface area (Å²) in [6, 6.07) is 2.19. The van der Waals surface area contributed by atoms with Gasteiger partial charge in [0.25, 0.3) is 0 Å². The molecule has 2 heteroatoms. The Morgan fingerprint density at radius 1 is 1.27 bits per heavy atom. The summed E-state index contributed by atoms with van der Waals surface area (Å²) in [5.74, 6) is 0. The van der Waals surface area contributed by atoms with Gasteiger partial charge in [-0.2, -0.15) is 0 Å². The van der Waals surface area contributed by atoms with E-state index in [-0.39, 0.29) is 0 Å². The summed E-state index contributed by atoms with van der Waals surface area (Å²) in [4.78, 5) is 2.68. The molecule has 0 amide bonds. The van der Waals surface area contributed by atoms with Gasteiger partial charge in [0.2, 0.25) is 0 Å². The maximum Gasteiger partial charge on any atom is 0.0166 e. The predicted octanol–water partition coefficient (Wildman–Crippen LogP) is 2.64. The standard InChI is InChI=1S/C13H28N2/c1-5-9-14-11(2)10-15-12(3)7-6-8-13(15)4/h11-14H,5-10H2,1-4H3/t11?,12-,13+. The number of nitrogens with one attached hydrogen (secondary N) is 1. The van der Waals surface area contributed by atoms with Gasteiger partial charge in [-0.05, 0) is 46.6 Å². The van der Waals surface area contributed by atoms with Gasteiger partial charge in [-0.1, -0.05) is 13.3 Å². The van der Waals surface area contributed by atoms with Gasteiger partial charge < -0.3 is 5.32 Å². The van der Waals surface area contributed by atoms with Crippen molar-refractivity contribution in [1.29, 1.82) is 0 Å². The molecule has 0 aromatic carbocycles. The normalized spacial score (nSPS) is 30.4. The number of hydrogen-bond donors (Lipinski definition) is 1. The van der Waals surface area contributed by atoms with Crippen LogP contribution in [0.3, 0.4) is 0 Å². The molecule has 90 valence electrons. The fourth-order valence-electron chi connectivity index (χ4n) is 2.61. The molecule has 1 saturated heterocycles. The van der Waals surface area contributed by atoms with Crippen LogP contribution in [0.25, 0.3) is 0 Å². The van der Waals surface area contributed by atoms with E-state index < -0.39 is 0 Å². The molecular formula is C13H28N2. The molecule has 1 aliphatic heterocycles. The zero-order chi connectivity index (χ0) is 11.3. The Balaban J connectivity index is 2.33. The molecule has 1 rings (SSSR count). The molecule has 0 aromatic heterocycles. The van der Waals surface area contributed by atoms with E-state index in [2.05, 4.69) is 37.9 Å². The van der Waals surface area contributed by atoms with Crippen LogP contribution in [0.4, 0.5) is 0 Å². The monoisotopic (exact) mass is 212 g/mol. The molecule has 15 heavy (non-hydrogen) atoms. The maximum atomic E-state index is 3.58. The highest BCUT2D eigenvalue weighted by molar-refractivity contribution is 4.82. The highest BCUT2D eigenvalue weighted by Gasteiger charge is 2.25.